The van der Waals surface area contributed by atoms with Gasteiger partial charge in [-0.1, -0.05) is 49.2 Å². The Morgan fingerprint density at radius 3 is 2.26 bits per heavy atom. The second kappa shape index (κ2) is 7.35. The van der Waals surface area contributed by atoms with E-state index in [-0.39, 0.29) is 36.0 Å². The maximum atomic E-state index is 12.7. The number of Topliss-reactive ketones (excluding diaryl/α,β-unsaturated/α-hetero) is 1. The van der Waals surface area contributed by atoms with E-state index < -0.39 is 0 Å². The second-order valence-electron chi connectivity index (χ2n) is 7.08. The molecule has 1 aliphatic carbocycles. The summed E-state index contributed by atoms with van der Waals surface area (Å²) in [4.78, 5) is 38.9. The molecule has 1 saturated carbocycles. The van der Waals surface area contributed by atoms with Crippen molar-refractivity contribution < 1.29 is 19.1 Å². The Hall–Kier alpha value is -2.95. The zero-order chi connectivity index (χ0) is 18.8. The third kappa shape index (κ3) is 3.37. The molecule has 0 bridgehead atoms. The molecule has 1 aliphatic heterocycles. The summed E-state index contributed by atoms with van der Waals surface area (Å²) in [5, 5.41) is 0. The van der Waals surface area contributed by atoms with Gasteiger partial charge in [0.15, 0.2) is 12.4 Å². The van der Waals surface area contributed by atoms with Crippen LogP contribution in [-0.4, -0.2) is 24.2 Å². The number of carbonyl (C=O) groups is 3. The number of ether oxygens (including phenoxy) is 1. The number of fused-ring (bicyclic) bond motifs is 1. The average Bonchev–Trinajstić information content (AvgIpc) is 2.98. The molecule has 2 aromatic carbocycles. The molecule has 2 aromatic rings. The lowest BCUT2D eigenvalue weighted by atomic mass is 9.81. The largest absolute Gasteiger partial charge is 0.485 e. The molecule has 5 heteroatoms. The predicted molar refractivity (Wildman–Crippen MR) is 101 cm³/mol. The number of amides is 2. The molecular formula is C22H21NO4. The Balaban J connectivity index is 1.49. The van der Waals surface area contributed by atoms with Crippen molar-refractivity contribution in [1.29, 1.82) is 0 Å². The Morgan fingerprint density at radius 1 is 0.926 bits per heavy atom. The van der Waals surface area contributed by atoms with Crippen molar-refractivity contribution >= 4 is 23.3 Å². The first-order valence-electron chi connectivity index (χ1n) is 9.34. The molecule has 0 aromatic heterocycles. The number of nitrogens with zero attached hydrogens (tertiary/aromatic N) is 1. The van der Waals surface area contributed by atoms with Crippen molar-refractivity contribution in [3.05, 3.63) is 60.2 Å². The topological polar surface area (TPSA) is 63.7 Å². The van der Waals surface area contributed by atoms with Gasteiger partial charge >= 0.3 is 0 Å². The summed E-state index contributed by atoms with van der Waals surface area (Å²) < 4.78 is 5.61. The first kappa shape index (κ1) is 17.5. The quantitative estimate of drug-likeness (QED) is 0.601. The maximum absolute atomic E-state index is 12.7. The van der Waals surface area contributed by atoms with Crippen LogP contribution in [0, 0.1) is 11.8 Å². The number of anilines is 1. The van der Waals surface area contributed by atoms with Gasteiger partial charge in [0.2, 0.25) is 11.8 Å². The fourth-order valence-electron chi connectivity index (χ4n) is 3.99. The second-order valence-corrected chi connectivity index (χ2v) is 7.08. The Morgan fingerprint density at radius 2 is 1.59 bits per heavy atom. The van der Waals surface area contributed by atoms with Gasteiger partial charge in [-0.15, -0.1) is 0 Å². The molecule has 2 aliphatic rings. The standard InChI is InChI=1S/C22H21NO4/c24-20(15-7-2-1-3-8-15)14-27-17-10-6-9-16(13-17)23-21(25)18-11-4-5-12-19(18)22(23)26/h1-3,6-10,13,18-19H,4-5,11-12,14H2/t18-,19-/m0/s1. The van der Waals surface area contributed by atoms with E-state index in [2.05, 4.69) is 0 Å². The van der Waals surface area contributed by atoms with E-state index in [1.54, 1.807) is 48.5 Å². The van der Waals surface area contributed by atoms with E-state index in [4.69, 9.17) is 4.74 Å². The number of hydrogen-bond acceptors (Lipinski definition) is 4. The minimum absolute atomic E-state index is 0.0966. The summed E-state index contributed by atoms with van der Waals surface area (Å²) in [6.45, 7) is -0.0966. The molecule has 0 N–H and O–H groups in total. The lowest BCUT2D eigenvalue weighted by Gasteiger charge is -2.19. The molecular weight excluding hydrogens is 342 g/mol. The van der Waals surface area contributed by atoms with Crippen LogP contribution in [0.25, 0.3) is 0 Å². The molecule has 0 radical (unpaired) electrons. The van der Waals surface area contributed by atoms with E-state index in [1.165, 1.54) is 4.90 Å². The molecule has 2 amide bonds. The van der Waals surface area contributed by atoms with Gasteiger partial charge in [-0.05, 0) is 25.0 Å². The van der Waals surface area contributed by atoms with Crippen LogP contribution in [0.15, 0.2) is 54.6 Å². The van der Waals surface area contributed by atoms with Crippen LogP contribution in [0.2, 0.25) is 0 Å². The van der Waals surface area contributed by atoms with Crippen LogP contribution in [0.4, 0.5) is 5.69 Å². The molecule has 138 valence electrons. The number of hydrogen-bond donors (Lipinski definition) is 0. The zero-order valence-corrected chi connectivity index (χ0v) is 15.0. The normalized spacial score (nSPS) is 21.9. The summed E-state index contributed by atoms with van der Waals surface area (Å²) >= 11 is 0. The molecule has 0 unspecified atom stereocenters. The smallest absolute Gasteiger partial charge is 0.237 e. The van der Waals surface area contributed by atoms with Crippen LogP contribution < -0.4 is 9.64 Å². The first-order valence-corrected chi connectivity index (χ1v) is 9.34. The van der Waals surface area contributed by atoms with Crippen molar-refractivity contribution in [3.63, 3.8) is 0 Å². The van der Waals surface area contributed by atoms with E-state index in [0.29, 0.717) is 17.0 Å². The lowest BCUT2D eigenvalue weighted by molar-refractivity contribution is -0.122. The van der Waals surface area contributed by atoms with Crippen molar-refractivity contribution in [2.45, 2.75) is 25.7 Å². The van der Waals surface area contributed by atoms with Gasteiger partial charge in [0.05, 0.1) is 17.5 Å². The van der Waals surface area contributed by atoms with E-state index in [0.717, 1.165) is 25.7 Å². The zero-order valence-electron chi connectivity index (χ0n) is 15.0. The Labute approximate surface area is 157 Å². The molecule has 2 fully saturated rings. The summed E-state index contributed by atoms with van der Waals surface area (Å²) in [6.07, 6.45) is 3.57. The van der Waals surface area contributed by atoms with Crippen molar-refractivity contribution in [1.82, 2.24) is 0 Å². The SMILES string of the molecule is O=C(COc1cccc(N2C(=O)[C@H]3CCCC[C@@H]3C2=O)c1)c1ccccc1. The van der Waals surface area contributed by atoms with Crippen LogP contribution in [0.3, 0.4) is 0 Å². The van der Waals surface area contributed by atoms with Crippen molar-refractivity contribution in [3.8, 4) is 5.75 Å². The summed E-state index contributed by atoms with van der Waals surface area (Å²) in [7, 11) is 0. The number of imide groups is 1. The summed E-state index contributed by atoms with van der Waals surface area (Å²) in [5.74, 6) is -0.247. The fraction of sp³-hybridized carbons (Fsp3) is 0.318. The van der Waals surface area contributed by atoms with E-state index >= 15 is 0 Å². The number of carbonyl (C=O) groups excluding carboxylic acids is 3. The van der Waals surface area contributed by atoms with E-state index in [1.807, 2.05) is 6.07 Å². The Kier molecular flexibility index (Phi) is 4.75. The predicted octanol–water partition coefficient (Wildman–Crippen LogP) is 3.63. The monoisotopic (exact) mass is 363 g/mol. The molecule has 5 nitrogen and oxygen atoms in total. The third-order valence-electron chi connectivity index (χ3n) is 5.38. The number of rotatable bonds is 5. The summed E-state index contributed by atoms with van der Waals surface area (Å²) in [5.41, 5.74) is 1.10. The molecule has 4 rings (SSSR count). The van der Waals surface area contributed by atoms with Crippen LogP contribution in [-0.2, 0) is 9.59 Å². The molecule has 0 spiro atoms. The highest BCUT2D eigenvalue weighted by Crippen LogP contribution is 2.40. The first-order chi connectivity index (χ1) is 13.1. The van der Waals surface area contributed by atoms with Gasteiger partial charge in [-0.3, -0.25) is 14.4 Å². The van der Waals surface area contributed by atoms with Crippen LogP contribution in [0.5, 0.6) is 5.75 Å². The highest BCUT2D eigenvalue weighted by atomic mass is 16.5. The highest BCUT2D eigenvalue weighted by Gasteiger charge is 2.48. The van der Waals surface area contributed by atoms with Gasteiger partial charge in [-0.25, -0.2) is 4.90 Å². The third-order valence-corrected chi connectivity index (χ3v) is 5.38. The van der Waals surface area contributed by atoms with Gasteiger partial charge in [-0.2, -0.15) is 0 Å². The number of benzene rings is 2. The minimum Gasteiger partial charge on any atom is -0.485 e. The average molecular weight is 363 g/mol. The van der Waals surface area contributed by atoms with Crippen molar-refractivity contribution in [2.75, 3.05) is 11.5 Å². The van der Waals surface area contributed by atoms with Crippen molar-refractivity contribution in [2.24, 2.45) is 11.8 Å². The van der Waals surface area contributed by atoms with Crippen LogP contribution in [0.1, 0.15) is 36.0 Å². The van der Waals surface area contributed by atoms with Crippen LogP contribution >= 0.6 is 0 Å². The summed E-state index contributed by atoms with van der Waals surface area (Å²) in [6, 6.07) is 15.8. The molecule has 27 heavy (non-hydrogen) atoms. The van der Waals surface area contributed by atoms with Gasteiger partial charge in [0.1, 0.15) is 5.75 Å². The lowest BCUT2D eigenvalue weighted by Crippen LogP contribution is -2.30. The van der Waals surface area contributed by atoms with Gasteiger partial charge in [0.25, 0.3) is 0 Å². The maximum Gasteiger partial charge on any atom is 0.237 e. The number of ketones is 1. The van der Waals surface area contributed by atoms with Gasteiger partial charge in [0, 0.05) is 11.6 Å². The fourth-order valence-corrected chi connectivity index (χ4v) is 3.99. The van der Waals surface area contributed by atoms with Gasteiger partial charge < -0.3 is 4.74 Å². The highest BCUT2D eigenvalue weighted by molar-refractivity contribution is 6.22. The molecule has 1 heterocycles. The molecule has 2 atom stereocenters. The van der Waals surface area contributed by atoms with E-state index in [9.17, 15) is 14.4 Å². The minimum atomic E-state index is -0.185. The Bertz CT molecular complexity index is 853. The molecule has 1 saturated heterocycles.